The van der Waals surface area contributed by atoms with E-state index in [1.54, 1.807) is 0 Å². The van der Waals surface area contributed by atoms with E-state index in [9.17, 15) is 19.0 Å². The molecule has 0 bridgehead atoms. The van der Waals surface area contributed by atoms with Crippen LogP contribution in [-0.4, -0.2) is 49.3 Å². The Kier molecular flexibility index (Phi) is 47.5. The number of carbonyl (C=O) groups excluding carboxylic acids is 2. The van der Waals surface area contributed by atoms with Gasteiger partial charge in [-0.15, -0.1) is 0 Å². The molecule has 0 aromatic carbocycles. The molecule has 0 rings (SSSR count). The molecule has 0 saturated heterocycles. The zero-order valence-electron chi connectivity index (χ0n) is 40.9. The molecule has 0 aliphatic rings. The summed E-state index contributed by atoms with van der Waals surface area (Å²) in [4.78, 5) is 35.0. The zero-order chi connectivity index (χ0) is 47.4. The molecule has 10 heteroatoms. The van der Waals surface area contributed by atoms with Crippen LogP contribution >= 0.6 is 7.82 Å². The monoisotopic (exact) mass is 926 g/mol. The Hall–Kier alpha value is -3.33. The number of hydrogen-bond acceptors (Lipinski definition) is 8. The number of phosphoric ester groups is 1. The van der Waals surface area contributed by atoms with Gasteiger partial charge in [0.2, 0.25) is 0 Å². The van der Waals surface area contributed by atoms with Gasteiger partial charge in [0.25, 0.3) is 0 Å². The maximum Gasteiger partial charge on any atom is 0.472 e. The van der Waals surface area contributed by atoms with Gasteiger partial charge in [0.1, 0.15) is 6.61 Å². The smallest absolute Gasteiger partial charge is 0.462 e. The lowest BCUT2D eigenvalue weighted by molar-refractivity contribution is -0.161. The second kappa shape index (κ2) is 50.1. The molecule has 65 heavy (non-hydrogen) atoms. The number of phosphoric acid groups is 1. The lowest BCUT2D eigenvalue weighted by Gasteiger charge is -2.19. The quantitative estimate of drug-likeness (QED) is 0.0265. The van der Waals surface area contributed by atoms with Gasteiger partial charge < -0.3 is 20.1 Å². The van der Waals surface area contributed by atoms with Crippen LogP contribution in [0.25, 0.3) is 0 Å². The Labute approximate surface area is 397 Å². The van der Waals surface area contributed by atoms with Crippen molar-refractivity contribution in [3.05, 3.63) is 109 Å². The first kappa shape index (κ1) is 61.7. The molecule has 9 nitrogen and oxygen atoms in total. The number of ether oxygens (including phenoxy) is 2. The average molecular weight is 926 g/mol. The molecule has 0 fully saturated rings. The Morgan fingerprint density at radius 2 is 0.815 bits per heavy atom. The molecule has 0 saturated carbocycles. The molecule has 2 unspecified atom stereocenters. The first-order valence-electron chi connectivity index (χ1n) is 25.4. The van der Waals surface area contributed by atoms with Crippen LogP contribution in [0.3, 0.4) is 0 Å². The first-order chi connectivity index (χ1) is 31.8. The molecule has 370 valence electrons. The molecule has 3 N–H and O–H groups in total. The normalized spacial score (nSPS) is 14.1. The van der Waals surface area contributed by atoms with Crippen molar-refractivity contribution in [1.29, 1.82) is 0 Å². The van der Waals surface area contributed by atoms with Gasteiger partial charge in [0.15, 0.2) is 6.10 Å². The summed E-state index contributed by atoms with van der Waals surface area (Å²) in [5.41, 5.74) is 5.36. The maximum absolute atomic E-state index is 12.6. The van der Waals surface area contributed by atoms with Crippen molar-refractivity contribution in [1.82, 2.24) is 0 Å². The molecule has 0 aromatic rings. The Morgan fingerprint density at radius 3 is 1.23 bits per heavy atom. The standard InChI is InChI=1S/C55H92NO8P/c1-3-5-7-9-11-13-15-17-19-21-22-23-24-25-26-27-28-29-30-32-33-35-37-39-41-43-45-47-54(57)61-51-53(52-63-65(59,60)62-50-49-56)64-55(58)48-46-44-42-40-38-36-34-31-20-18-16-14-12-10-8-6-4-2/h5-8,11-14,17-20,22-23,34,36,40,42,53H,3-4,9-10,15-16,21,24-33,35,37-39,41,43-52,56H2,1-2H3,(H,59,60)/b7-5-,8-6-,13-11-,14-12-,19-17-,20-18-,23-22-,36-34-,42-40-. The zero-order valence-corrected chi connectivity index (χ0v) is 41.8. The number of allylic oxidation sites excluding steroid dienone is 18. The van der Waals surface area contributed by atoms with Crippen LogP contribution in [-0.2, 0) is 32.7 Å². The number of carbonyl (C=O) groups is 2. The summed E-state index contributed by atoms with van der Waals surface area (Å²) in [5.74, 6) is -0.903. The van der Waals surface area contributed by atoms with Gasteiger partial charge in [0, 0.05) is 19.4 Å². The van der Waals surface area contributed by atoms with Gasteiger partial charge in [-0.3, -0.25) is 18.6 Å². The second-order valence-electron chi connectivity index (χ2n) is 16.3. The third kappa shape index (κ3) is 49.9. The highest BCUT2D eigenvalue weighted by atomic mass is 31.2. The summed E-state index contributed by atoms with van der Waals surface area (Å²) < 4.78 is 32.8. The highest BCUT2D eigenvalue weighted by molar-refractivity contribution is 7.47. The van der Waals surface area contributed by atoms with Crippen LogP contribution in [0.4, 0.5) is 0 Å². The van der Waals surface area contributed by atoms with E-state index < -0.39 is 32.5 Å². The minimum Gasteiger partial charge on any atom is -0.462 e. The van der Waals surface area contributed by atoms with E-state index in [1.807, 2.05) is 6.08 Å². The van der Waals surface area contributed by atoms with Gasteiger partial charge in [-0.1, -0.05) is 200 Å². The molecule has 0 aromatic heterocycles. The number of rotatable bonds is 46. The average Bonchev–Trinajstić information content (AvgIpc) is 3.30. The topological polar surface area (TPSA) is 134 Å². The van der Waals surface area contributed by atoms with Crippen LogP contribution in [0.5, 0.6) is 0 Å². The lowest BCUT2D eigenvalue weighted by Crippen LogP contribution is -2.29. The van der Waals surface area contributed by atoms with E-state index in [2.05, 4.69) is 117 Å². The van der Waals surface area contributed by atoms with E-state index in [1.165, 1.54) is 70.6 Å². The minimum atomic E-state index is -4.40. The molecule has 0 radical (unpaired) electrons. The third-order valence-electron chi connectivity index (χ3n) is 10.2. The highest BCUT2D eigenvalue weighted by Gasteiger charge is 2.26. The van der Waals surface area contributed by atoms with Gasteiger partial charge in [-0.2, -0.15) is 0 Å². The van der Waals surface area contributed by atoms with Gasteiger partial charge in [-0.05, 0) is 89.9 Å². The number of unbranched alkanes of at least 4 members (excludes halogenated alkanes) is 15. The van der Waals surface area contributed by atoms with Crippen LogP contribution in [0.15, 0.2) is 109 Å². The van der Waals surface area contributed by atoms with Crippen molar-refractivity contribution < 1.29 is 37.6 Å². The summed E-state index contributed by atoms with van der Waals surface area (Å²) in [6.45, 7) is 3.43. The predicted molar refractivity (Wildman–Crippen MR) is 275 cm³/mol. The van der Waals surface area contributed by atoms with Crippen LogP contribution in [0.2, 0.25) is 0 Å². The number of esters is 2. The van der Waals surface area contributed by atoms with Crippen molar-refractivity contribution in [2.75, 3.05) is 26.4 Å². The Bertz CT molecular complexity index is 1430. The predicted octanol–water partition coefficient (Wildman–Crippen LogP) is 15.5. The first-order valence-corrected chi connectivity index (χ1v) is 26.9. The fraction of sp³-hybridized carbons (Fsp3) is 0.636. The van der Waals surface area contributed by atoms with E-state index in [-0.39, 0.29) is 32.6 Å². The Balaban J connectivity index is 4.08. The number of hydrogen-bond donors (Lipinski definition) is 2. The number of nitrogens with two attached hydrogens (primary N) is 1. The van der Waals surface area contributed by atoms with Crippen molar-refractivity contribution in [3.63, 3.8) is 0 Å². The third-order valence-corrected chi connectivity index (χ3v) is 11.1. The summed E-state index contributed by atoms with van der Waals surface area (Å²) in [6, 6.07) is 0. The van der Waals surface area contributed by atoms with E-state index in [0.717, 1.165) is 83.5 Å². The summed E-state index contributed by atoms with van der Waals surface area (Å²) in [5, 5.41) is 0. The molecule has 0 aliphatic carbocycles. The van der Waals surface area contributed by atoms with Gasteiger partial charge >= 0.3 is 19.8 Å². The molecule has 0 amide bonds. The van der Waals surface area contributed by atoms with Crippen molar-refractivity contribution in [3.8, 4) is 0 Å². The van der Waals surface area contributed by atoms with Crippen molar-refractivity contribution >= 4 is 19.8 Å². The minimum absolute atomic E-state index is 0.0391. The fourth-order valence-electron chi connectivity index (χ4n) is 6.48. The fourth-order valence-corrected chi connectivity index (χ4v) is 7.25. The summed E-state index contributed by atoms with van der Waals surface area (Å²) in [6.07, 6.45) is 67.1. The molecule has 0 spiro atoms. The highest BCUT2D eigenvalue weighted by Crippen LogP contribution is 2.43. The van der Waals surface area contributed by atoms with Crippen molar-refractivity contribution in [2.45, 2.75) is 200 Å². The van der Waals surface area contributed by atoms with Gasteiger partial charge in [-0.25, -0.2) is 4.57 Å². The molecular formula is C55H92NO8P. The largest absolute Gasteiger partial charge is 0.472 e. The van der Waals surface area contributed by atoms with E-state index in [4.69, 9.17) is 24.3 Å². The second-order valence-corrected chi connectivity index (χ2v) is 17.7. The van der Waals surface area contributed by atoms with Crippen LogP contribution in [0, 0.1) is 0 Å². The van der Waals surface area contributed by atoms with Crippen molar-refractivity contribution in [2.24, 2.45) is 5.73 Å². The summed E-state index contributed by atoms with van der Waals surface area (Å²) >= 11 is 0. The van der Waals surface area contributed by atoms with Gasteiger partial charge in [0.05, 0.1) is 13.2 Å². The lowest BCUT2D eigenvalue weighted by atomic mass is 10.0. The SMILES string of the molecule is CC/C=C\C/C=C\C/C=C\C/C=C\C/C=C\CCCC(=O)OC(COC(=O)CCCCCCCCCCCCCCCC/C=C\C/C=C\C/C=C\C/C=C\CC)COP(=O)(O)OCCN. The maximum atomic E-state index is 12.6. The Morgan fingerprint density at radius 1 is 0.462 bits per heavy atom. The van der Waals surface area contributed by atoms with Crippen LogP contribution < -0.4 is 5.73 Å². The van der Waals surface area contributed by atoms with E-state index in [0.29, 0.717) is 12.8 Å². The molecule has 0 aliphatic heterocycles. The molecule has 0 heterocycles. The molecular weight excluding hydrogens is 834 g/mol. The molecule has 2 atom stereocenters. The summed E-state index contributed by atoms with van der Waals surface area (Å²) in [7, 11) is -4.40. The van der Waals surface area contributed by atoms with Crippen LogP contribution in [0.1, 0.15) is 194 Å². The van der Waals surface area contributed by atoms with E-state index >= 15 is 0 Å².